The predicted molar refractivity (Wildman–Crippen MR) is 107 cm³/mol. The molecule has 0 aromatic carbocycles. The van der Waals surface area contributed by atoms with Crippen molar-refractivity contribution in [3.63, 3.8) is 0 Å². The van der Waals surface area contributed by atoms with E-state index in [0.29, 0.717) is 17.0 Å². The first-order valence-corrected chi connectivity index (χ1v) is 11.6. The minimum atomic E-state index is -4.41. The first-order chi connectivity index (χ1) is 13.8. The summed E-state index contributed by atoms with van der Waals surface area (Å²) in [6, 6.07) is 4.13. The third-order valence-corrected chi connectivity index (χ3v) is 7.85. The second-order valence-electron chi connectivity index (χ2n) is 7.91. The number of fused-ring (bicyclic) bond motifs is 2. The summed E-state index contributed by atoms with van der Waals surface area (Å²) in [5, 5.41) is 13.1. The molecule has 4 rings (SSSR count). The molecule has 4 atom stereocenters. The number of nitrogens with one attached hydrogen (secondary N) is 1. The lowest BCUT2D eigenvalue weighted by molar-refractivity contribution is -0.136. The van der Waals surface area contributed by atoms with Crippen LogP contribution in [0.1, 0.15) is 38.6 Å². The second-order valence-corrected chi connectivity index (χ2v) is 9.80. The van der Waals surface area contributed by atoms with E-state index in [9.17, 15) is 18.0 Å². The van der Waals surface area contributed by atoms with E-state index in [1.54, 1.807) is 11.3 Å². The summed E-state index contributed by atoms with van der Waals surface area (Å²) < 4.78 is 39.0. The Morgan fingerprint density at radius 2 is 2.21 bits per heavy atom. The van der Waals surface area contributed by atoms with Gasteiger partial charge in [0.1, 0.15) is 6.54 Å². The molecule has 2 aromatic heterocycles. The highest BCUT2D eigenvalue weighted by Gasteiger charge is 2.43. The van der Waals surface area contributed by atoms with Gasteiger partial charge in [0.25, 0.3) is 0 Å². The average molecular weight is 445 g/mol. The highest BCUT2D eigenvalue weighted by molar-refractivity contribution is 7.99. The monoisotopic (exact) mass is 444 g/mol. The molecule has 1 N–H and O–H groups in total. The fourth-order valence-corrected chi connectivity index (χ4v) is 6.33. The first-order valence-electron chi connectivity index (χ1n) is 9.77. The van der Waals surface area contributed by atoms with Gasteiger partial charge in [-0.25, -0.2) is 0 Å². The number of rotatable bonds is 7. The Bertz CT molecular complexity index is 852. The van der Waals surface area contributed by atoms with Gasteiger partial charge in [-0.1, -0.05) is 24.2 Å². The van der Waals surface area contributed by atoms with Crippen molar-refractivity contribution in [2.24, 2.45) is 17.8 Å². The quantitative estimate of drug-likeness (QED) is 0.625. The van der Waals surface area contributed by atoms with Crippen LogP contribution in [0.3, 0.4) is 0 Å². The molecule has 2 aliphatic rings. The molecule has 2 bridgehead atoms. The van der Waals surface area contributed by atoms with Gasteiger partial charge in [-0.2, -0.15) is 13.2 Å². The van der Waals surface area contributed by atoms with E-state index in [1.807, 2.05) is 22.8 Å². The number of aromatic nitrogens is 3. The summed E-state index contributed by atoms with van der Waals surface area (Å²) in [6.45, 7) is 0.862. The molecule has 1 amide bonds. The normalized spacial score (nSPS) is 24.8. The minimum absolute atomic E-state index is 0.123. The molecule has 29 heavy (non-hydrogen) atoms. The second kappa shape index (κ2) is 8.29. The zero-order valence-electron chi connectivity index (χ0n) is 16.0. The van der Waals surface area contributed by atoms with Crippen molar-refractivity contribution in [3.8, 4) is 10.7 Å². The van der Waals surface area contributed by atoms with Gasteiger partial charge in [0.05, 0.1) is 10.6 Å². The molecule has 10 heteroatoms. The molecule has 2 heterocycles. The molecule has 4 unspecified atom stereocenters. The van der Waals surface area contributed by atoms with Gasteiger partial charge in [0, 0.05) is 6.04 Å². The van der Waals surface area contributed by atoms with Gasteiger partial charge in [-0.3, -0.25) is 9.36 Å². The minimum Gasteiger partial charge on any atom is -0.346 e. The van der Waals surface area contributed by atoms with Gasteiger partial charge >= 0.3 is 6.18 Å². The largest absolute Gasteiger partial charge is 0.405 e. The predicted octanol–water partition coefficient (Wildman–Crippen LogP) is 4.77. The van der Waals surface area contributed by atoms with Crippen molar-refractivity contribution < 1.29 is 18.0 Å². The van der Waals surface area contributed by atoms with Crippen LogP contribution in [0.5, 0.6) is 0 Å². The van der Waals surface area contributed by atoms with Crippen LogP contribution in [-0.4, -0.2) is 39.1 Å². The van der Waals surface area contributed by atoms with E-state index in [-0.39, 0.29) is 11.8 Å². The molecule has 0 radical (unpaired) electrons. The summed E-state index contributed by atoms with van der Waals surface area (Å²) in [6.07, 6.45) is 0.647. The first kappa shape index (κ1) is 20.7. The highest BCUT2D eigenvalue weighted by Crippen LogP contribution is 2.53. The maximum atomic E-state index is 12.3. The zero-order valence-corrected chi connectivity index (χ0v) is 17.6. The van der Waals surface area contributed by atoms with Crippen molar-refractivity contribution in [3.05, 3.63) is 17.5 Å². The molecule has 5 nitrogen and oxygen atoms in total. The Kier molecular flexibility index (Phi) is 5.92. The molecule has 0 saturated heterocycles. The number of thioether (sulfide) groups is 1. The Labute approximate surface area is 175 Å². The van der Waals surface area contributed by atoms with E-state index >= 15 is 0 Å². The third kappa shape index (κ3) is 4.63. The molecule has 0 aliphatic heterocycles. The molecule has 2 fully saturated rings. The molecule has 2 aliphatic carbocycles. The van der Waals surface area contributed by atoms with Crippen LogP contribution in [0.2, 0.25) is 0 Å². The number of carbonyl (C=O) groups is 1. The average Bonchev–Trinajstić information content (AvgIpc) is 3.46. The summed E-state index contributed by atoms with van der Waals surface area (Å²) in [5.41, 5.74) is 0. The number of hydrogen-bond donors (Lipinski definition) is 1. The van der Waals surface area contributed by atoms with Crippen LogP contribution in [0, 0.1) is 17.8 Å². The smallest absolute Gasteiger partial charge is 0.346 e. The number of thiophene rings is 1. The topological polar surface area (TPSA) is 59.8 Å². The van der Waals surface area contributed by atoms with Gasteiger partial charge in [0.15, 0.2) is 11.0 Å². The number of nitrogens with zero attached hydrogens (tertiary/aromatic N) is 3. The fourth-order valence-electron chi connectivity index (χ4n) is 4.77. The van der Waals surface area contributed by atoms with Gasteiger partial charge in [-0.05, 0) is 55.4 Å². The number of carbonyl (C=O) groups excluding carboxylic acids is 1. The van der Waals surface area contributed by atoms with Gasteiger partial charge in [-0.15, -0.1) is 21.5 Å². The zero-order chi connectivity index (χ0) is 20.6. The SMILES string of the molecule is CC(C1CC2CCC1C2)n1c(SCC(=O)NCC(F)(F)F)nnc1-c1cccs1. The maximum Gasteiger partial charge on any atom is 0.405 e. The van der Waals surface area contributed by atoms with Crippen molar-refractivity contribution in [1.82, 2.24) is 20.1 Å². The molecule has 2 saturated carbocycles. The van der Waals surface area contributed by atoms with E-state index in [2.05, 4.69) is 21.7 Å². The summed E-state index contributed by atoms with van der Waals surface area (Å²) in [5.74, 6) is 2.05. The van der Waals surface area contributed by atoms with E-state index in [0.717, 1.165) is 28.4 Å². The summed E-state index contributed by atoms with van der Waals surface area (Å²) in [7, 11) is 0. The fraction of sp³-hybridized carbons (Fsp3) is 0.632. The Morgan fingerprint density at radius 1 is 1.38 bits per heavy atom. The summed E-state index contributed by atoms with van der Waals surface area (Å²) in [4.78, 5) is 12.9. The lowest BCUT2D eigenvalue weighted by Gasteiger charge is -2.30. The Hall–Kier alpha value is -1.55. The molecular weight excluding hydrogens is 421 g/mol. The van der Waals surface area contributed by atoms with Crippen molar-refractivity contribution >= 4 is 29.0 Å². The van der Waals surface area contributed by atoms with Crippen LogP contribution < -0.4 is 5.32 Å². The van der Waals surface area contributed by atoms with Gasteiger partial charge < -0.3 is 5.32 Å². The number of halogens is 3. The standard InChI is InChI=1S/C19H23F3N4OS2/c1-11(14-8-12-4-5-13(14)7-12)26-17(15-3-2-6-28-15)24-25-18(26)29-9-16(27)23-10-19(20,21)22/h2-3,6,11-14H,4-5,7-10H2,1H3,(H,23,27). The van der Waals surface area contributed by atoms with E-state index < -0.39 is 18.6 Å². The lowest BCUT2D eigenvalue weighted by atomic mass is 9.84. The van der Waals surface area contributed by atoms with Crippen LogP contribution in [0.15, 0.2) is 22.7 Å². The molecule has 2 aromatic rings. The van der Waals surface area contributed by atoms with E-state index in [4.69, 9.17) is 0 Å². The Morgan fingerprint density at radius 3 is 2.83 bits per heavy atom. The van der Waals surface area contributed by atoms with E-state index in [1.165, 1.54) is 25.7 Å². The lowest BCUT2D eigenvalue weighted by Crippen LogP contribution is -2.34. The molecule has 158 valence electrons. The highest BCUT2D eigenvalue weighted by atomic mass is 32.2. The summed E-state index contributed by atoms with van der Waals surface area (Å²) >= 11 is 2.72. The Balaban J connectivity index is 1.52. The van der Waals surface area contributed by atoms with Gasteiger partial charge in [0.2, 0.25) is 5.91 Å². The maximum absolute atomic E-state index is 12.3. The number of amides is 1. The molecular formula is C19H23F3N4OS2. The number of hydrogen-bond acceptors (Lipinski definition) is 5. The number of alkyl halides is 3. The van der Waals surface area contributed by atoms with Crippen molar-refractivity contribution in [2.75, 3.05) is 12.3 Å². The van der Waals surface area contributed by atoms with Crippen molar-refractivity contribution in [2.45, 2.75) is 50.0 Å². The van der Waals surface area contributed by atoms with Crippen LogP contribution in [-0.2, 0) is 4.79 Å². The van der Waals surface area contributed by atoms with Crippen LogP contribution in [0.4, 0.5) is 13.2 Å². The van der Waals surface area contributed by atoms with Crippen molar-refractivity contribution in [1.29, 1.82) is 0 Å². The third-order valence-electron chi connectivity index (χ3n) is 6.04. The molecule has 0 spiro atoms. The van der Waals surface area contributed by atoms with Crippen LogP contribution >= 0.6 is 23.1 Å². The van der Waals surface area contributed by atoms with Crippen LogP contribution in [0.25, 0.3) is 10.7 Å².